The third kappa shape index (κ3) is 0.136. The topological polar surface area (TPSA) is 26.0 Å². The third-order valence-electron chi connectivity index (χ3n) is 2.27. The minimum atomic E-state index is 0.625. The first-order valence-electron chi connectivity index (χ1n) is 2.58. The maximum atomic E-state index is 5.51. The van der Waals surface area contributed by atoms with Crippen LogP contribution in [0.25, 0.3) is 0 Å². The lowest BCUT2D eigenvalue weighted by atomic mass is 10.2. The molecule has 2 aliphatic carbocycles. The molecule has 0 radical (unpaired) electrons. The van der Waals surface area contributed by atoms with E-state index < -0.39 is 0 Å². The molecule has 0 aromatic heterocycles. The maximum absolute atomic E-state index is 5.51. The van der Waals surface area contributed by atoms with Crippen molar-refractivity contribution >= 4 is 0 Å². The quantitative estimate of drug-likeness (QED) is 0.445. The predicted octanol–water partition coefficient (Wildman–Crippen LogP) is 0.209. The summed E-state index contributed by atoms with van der Waals surface area (Å²) < 4.78 is 0. The molecule has 0 heterocycles. The van der Waals surface area contributed by atoms with E-state index in [0.717, 1.165) is 17.8 Å². The smallest absolute Gasteiger partial charge is 0.0108 e. The first-order chi connectivity index (χ1) is 2.82. The van der Waals surface area contributed by atoms with Crippen LogP contribution in [0.4, 0.5) is 0 Å². The molecule has 1 heteroatoms. The molecule has 6 heavy (non-hydrogen) atoms. The molecule has 3 unspecified atom stereocenters. The number of hydrogen-bond acceptors (Lipinski definition) is 1. The molecule has 2 N–H and O–H groups in total. The summed E-state index contributed by atoms with van der Waals surface area (Å²) in [6, 6.07) is 0.625. The second-order valence-corrected chi connectivity index (χ2v) is 2.59. The summed E-state index contributed by atoms with van der Waals surface area (Å²) in [5, 5.41) is 0. The Kier molecular flexibility index (Phi) is 0.274. The van der Waals surface area contributed by atoms with E-state index in [-0.39, 0.29) is 0 Å². The van der Waals surface area contributed by atoms with Gasteiger partial charge in [-0.3, -0.25) is 0 Å². The minimum absolute atomic E-state index is 0.625. The fraction of sp³-hybridized carbons (Fsp3) is 1.00. The zero-order valence-electron chi connectivity index (χ0n) is 3.89. The van der Waals surface area contributed by atoms with Gasteiger partial charge in [0.1, 0.15) is 0 Å². The van der Waals surface area contributed by atoms with Gasteiger partial charge in [-0.25, -0.2) is 0 Å². The fourth-order valence-electron chi connectivity index (χ4n) is 1.47. The normalized spacial score (nSPS) is 73.0. The van der Waals surface area contributed by atoms with Crippen molar-refractivity contribution in [2.75, 3.05) is 0 Å². The van der Waals surface area contributed by atoms with Crippen molar-refractivity contribution in [3.8, 4) is 0 Å². The summed E-state index contributed by atoms with van der Waals surface area (Å²) in [5.41, 5.74) is 5.51. The second kappa shape index (κ2) is 0.544. The van der Waals surface area contributed by atoms with Crippen molar-refractivity contribution in [2.45, 2.75) is 13.0 Å². The summed E-state index contributed by atoms with van der Waals surface area (Å²) in [4.78, 5) is 0. The number of hydrogen-bond donors (Lipinski definition) is 1. The van der Waals surface area contributed by atoms with Crippen LogP contribution in [-0.4, -0.2) is 6.04 Å². The van der Waals surface area contributed by atoms with Gasteiger partial charge in [0.2, 0.25) is 0 Å². The SMILES string of the molecule is CC1C2C(N)[C@@H]12. The Morgan fingerprint density at radius 2 is 1.83 bits per heavy atom. The molecule has 34 valence electrons. The van der Waals surface area contributed by atoms with Crippen molar-refractivity contribution in [1.29, 1.82) is 0 Å². The molecule has 0 amide bonds. The molecule has 2 fully saturated rings. The summed E-state index contributed by atoms with van der Waals surface area (Å²) in [6.07, 6.45) is 0. The van der Waals surface area contributed by atoms with Gasteiger partial charge in [-0.2, -0.15) is 0 Å². The van der Waals surface area contributed by atoms with Crippen LogP contribution in [0.15, 0.2) is 0 Å². The van der Waals surface area contributed by atoms with Gasteiger partial charge in [0.15, 0.2) is 0 Å². The Balaban J connectivity index is 2.06. The van der Waals surface area contributed by atoms with Crippen molar-refractivity contribution in [2.24, 2.45) is 23.5 Å². The highest BCUT2D eigenvalue weighted by molar-refractivity contribution is 5.21. The van der Waals surface area contributed by atoms with Gasteiger partial charge in [0.05, 0.1) is 0 Å². The Hall–Kier alpha value is -0.0400. The number of rotatable bonds is 0. The van der Waals surface area contributed by atoms with Crippen LogP contribution in [0, 0.1) is 17.8 Å². The van der Waals surface area contributed by atoms with Crippen molar-refractivity contribution in [3.63, 3.8) is 0 Å². The first-order valence-corrected chi connectivity index (χ1v) is 2.58. The van der Waals surface area contributed by atoms with E-state index in [0.29, 0.717) is 6.04 Å². The summed E-state index contributed by atoms with van der Waals surface area (Å²) in [5.74, 6) is 2.93. The van der Waals surface area contributed by atoms with Gasteiger partial charge in [-0.15, -0.1) is 0 Å². The van der Waals surface area contributed by atoms with Gasteiger partial charge < -0.3 is 5.73 Å². The van der Waals surface area contributed by atoms with Gasteiger partial charge in [-0.05, 0) is 17.8 Å². The molecule has 0 aliphatic heterocycles. The maximum Gasteiger partial charge on any atom is 0.0108 e. The number of fused-ring (bicyclic) bond motifs is 1. The zero-order valence-corrected chi connectivity index (χ0v) is 3.89. The van der Waals surface area contributed by atoms with Gasteiger partial charge >= 0.3 is 0 Å². The lowest BCUT2D eigenvalue weighted by molar-refractivity contribution is 0.600. The molecule has 1 nitrogen and oxygen atoms in total. The Bertz CT molecular complexity index is 69.9. The average molecular weight is 83.1 g/mol. The van der Waals surface area contributed by atoms with Crippen LogP contribution in [0.1, 0.15) is 6.92 Å². The minimum Gasteiger partial charge on any atom is -0.327 e. The largest absolute Gasteiger partial charge is 0.327 e. The molecule has 4 atom stereocenters. The highest BCUT2D eigenvalue weighted by Gasteiger charge is 2.69. The van der Waals surface area contributed by atoms with Crippen molar-refractivity contribution in [1.82, 2.24) is 0 Å². The molecule has 2 aliphatic rings. The van der Waals surface area contributed by atoms with Crippen molar-refractivity contribution in [3.05, 3.63) is 0 Å². The molecule has 0 spiro atoms. The van der Waals surface area contributed by atoms with Gasteiger partial charge in [-0.1, -0.05) is 6.92 Å². The van der Waals surface area contributed by atoms with Crippen LogP contribution in [0.2, 0.25) is 0 Å². The van der Waals surface area contributed by atoms with Gasteiger partial charge in [0.25, 0.3) is 0 Å². The molecule has 2 rings (SSSR count). The molecule has 0 bridgehead atoms. The van der Waals surface area contributed by atoms with Crippen LogP contribution in [0.3, 0.4) is 0 Å². The van der Waals surface area contributed by atoms with Gasteiger partial charge in [0, 0.05) is 6.04 Å². The molecule has 0 saturated heterocycles. The average Bonchev–Trinajstić information content (AvgIpc) is 2.28. The van der Waals surface area contributed by atoms with E-state index >= 15 is 0 Å². The Morgan fingerprint density at radius 3 is 1.83 bits per heavy atom. The Morgan fingerprint density at radius 1 is 1.33 bits per heavy atom. The number of nitrogens with two attached hydrogens (primary N) is 1. The van der Waals surface area contributed by atoms with E-state index in [2.05, 4.69) is 6.92 Å². The third-order valence-corrected chi connectivity index (χ3v) is 2.27. The lowest BCUT2D eigenvalue weighted by Crippen LogP contribution is -2.13. The molecule has 0 aromatic rings. The summed E-state index contributed by atoms with van der Waals surface area (Å²) in [7, 11) is 0. The predicted molar refractivity (Wildman–Crippen MR) is 24.1 cm³/mol. The van der Waals surface area contributed by atoms with Crippen LogP contribution < -0.4 is 5.73 Å². The van der Waals surface area contributed by atoms with E-state index in [4.69, 9.17) is 5.73 Å². The molecule has 2 saturated carbocycles. The second-order valence-electron chi connectivity index (χ2n) is 2.59. The lowest BCUT2D eigenvalue weighted by Gasteiger charge is -1.95. The van der Waals surface area contributed by atoms with E-state index in [1.165, 1.54) is 0 Å². The molecular weight excluding hydrogens is 74.1 g/mol. The molecular formula is C5H9N. The zero-order chi connectivity index (χ0) is 4.31. The fourth-order valence-corrected chi connectivity index (χ4v) is 1.47. The van der Waals surface area contributed by atoms with E-state index in [1.54, 1.807) is 0 Å². The molecule has 0 aromatic carbocycles. The Labute approximate surface area is 37.5 Å². The van der Waals surface area contributed by atoms with E-state index in [1.807, 2.05) is 0 Å². The summed E-state index contributed by atoms with van der Waals surface area (Å²) in [6.45, 7) is 2.28. The summed E-state index contributed by atoms with van der Waals surface area (Å²) >= 11 is 0. The van der Waals surface area contributed by atoms with Crippen LogP contribution in [0.5, 0.6) is 0 Å². The highest BCUT2D eigenvalue weighted by Crippen LogP contribution is 2.66. The highest BCUT2D eigenvalue weighted by atomic mass is 14.9. The van der Waals surface area contributed by atoms with Crippen LogP contribution >= 0.6 is 0 Å². The monoisotopic (exact) mass is 83.1 g/mol. The van der Waals surface area contributed by atoms with E-state index in [9.17, 15) is 0 Å². The van der Waals surface area contributed by atoms with Crippen molar-refractivity contribution < 1.29 is 0 Å². The first kappa shape index (κ1) is 3.03. The van der Waals surface area contributed by atoms with Crippen LogP contribution in [-0.2, 0) is 0 Å². The standard InChI is InChI=1S/C5H9N/c1-2-3-4(2)5(3)6/h2-5H,6H2,1H3/t2?,3-,4?,5?/m0/s1.